The van der Waals surface area contributed by atoms with Gasteiger partial charge in [0, 0.05) is 23.2 Å². The minimum Gasteiger partial charge on any atom is -0.504 e. The van der Waals surface area contributed by atoms with Gasteiger partial charge in [0.1, 0.15) is 0 Å². The summed E-state index contributed by atoms with van der Waals surface area (Å²) >= 11 is 6.12. The highest BCUT2D eigenvalue weighted by Crippen LogP contribution is 2.37. The molecule has 4 nitrogen and oxygen atoms in total. The molecule has 2 rings (SSSR count). The van der Waals surface area contributed by atoms with Crippen molar-refractivity contribution in [1.29, 1.82) is 0 Å². The summed E-state index contributed by atoms with van der Waals surface area (Å²) in [6.45, 7) is 2.30. The summed E-state index contributed by atoms with van der Waals surface area (Å²) in [5.41, 5.74) is 1.45. The summed E-state index contributed by atoms with van der Waals surface area (Å²) in [6, 6.07) is 10.4. The van der Waals surface area contributed by atoms with Crippen LogP contribution in [-0.4, -0.2) is 15.3 Å². The molecular formula is C15H16ClNO3. The van der Waals surface area contributed by atoms with Gasteiger partial charge in [0.15, 0.2) is 11.5 Å². The van der Waals surface area contributed by atoms with Crippen LogP contribution in [0.2, 0.25) is 5.02 Å². The normalized spacial score (nSPS) is 12.3. The smallest absolute Gasteiger partial charge is 0.200 e. The molecule has 0 fully saturated rings. The number of phenolic OH excluding ortho intramolecular Hbond substituents is 3. The molecule has 0 aliphatic carbocycles. The molecule has 5 heteroatoms. The third-order valence-electron chi connectivity index (χ3n) is 3.18. The van der Waals surface area contributed by atoms with Crippen LogP contribution < -0.4 is 5.32 Å². The second-order valence-corrected chi connectivity index (χ2v) is 4.97. The van der Waals surface area contributed by atoms with Crippen LogP contribution in [0.3, 0.4) is 0 Å². The summed E-state index contributed by atoms with van der Waals surface area (Å²) in [6.07, 6.45) is 0. The largest absolute Gasteiger partial charge is 0.504 e. The van der Waals surface area contributed by atoms with Crippen LogP contribution >= 0.6 is 11.6 Å². The molecule has 20 heavy (non-hydrogen) atoms. The van der Waals surface area contributed by atoms with E-state index in [1.807, 2.05) is 31.2 Å². The predicted molar refractivity (Wildman–Crippen MR) is 78.1 cm³/mol. The van der Waals surface area contributed by atoms with Gasteiger partial charge in [-0.25, -0.2) is 0 Å². The van der Waals surface area contributed by atoms with Gasteiger partial charge >= 0.3 is 0 Å². The Hall–Kier alpha value is -1.91. The van der Waals surface area contributed by atoms with Gasteiger partial charge in [-0.1, -0.05) is 35.9 Å². The summed E-state index contributed by atoms with van der Waals surface area (Å²) in [5, 5.41) is 32.4. The average Bonchev–Trinajstić information content (AvgIpc) is 2.44. The maximum atomic E-state index is 9.74. The number of nitrogens with one attached hydrogen (secondary N) is 1. The Morgan fingerprint density at radius 2 is 1.75 bits per heavy atom. The van der Waals surface area contributed by atoms with Gasteiger partial charge in [-0.2, -0.15) is 0 Å². The highest BCUT2D eigenvalue weighted by molar-refractivity contribution is 6.31. The van der Waals surface area contributed by atoms with Crippen molar-refractivity contribution in [3.63, 3.8) is 0 Å². The third kappa shape index (κ3) is 2.98. The molecule has 0 aliphatic rings. The molecule has 0 amide bonds. The molecule has 0 aliphatic heterocycles. The van der Waals surface area contributed by atoms with Gasteiger partial charge in [0.2, 0.25) is 5.75 Å². The van der Waals surface area contributed by atoms with Crippen LogP contribution in [-0.2, 0) is 6.54 Å². The first-order valence-corrected chi connectivity index (χ1v) is 6.59. The van der Waals surface area contributed by atoms with Gasteiger partial charge in [0.05, 0.1) is 0 Å². The number of phenols is 3. The van der Waals surface area contributed by atoms with E-state index in [0.717, 1.165) is 5.56 Å². The highest BCUT2D eigenvalue weighted by Gasteiger charge is 2.13. The van der Waals surface area contributed by atoms with Crippen LogP contribution in [0, 0.1) is 0 Å². The Labute approximate surface area is 122 Å². The fraction of sp³-hybridized carbons (Fsp3) is 0.200. The Morgan fingerprint density at radius 3 is 2.45 bits per heavy atom. The molecule has 1 atom stereocenters. The molecule has 0 spiro atoms. The number of halogens is 1. The van der Waals surface area contributed by atoms with Crippen LogP contribution in [0.15, 0.2) is 36.4 Å². The van der Waals surface area contributed by atoms with Gasteiger partial charge in [-0.05, 0) is 24.6 Å². The third-order valence-corrected chi connectivity index (χ3v) is 3.53. The van der Waals surface area contributed by atoms with E-state index in [2.05, 4.69) is 5.32 Å². The second kappa shape index (κ2) is 6.03. The zero-order chi connectivity index (χ0) is 14.7. The van der Waals surface area contributed by atoms with Gasteiger partial charge in [0.25, 0.3) is 0 Å². The lowest BCUT2D eigenvalue weighted by Gasteiger charge is -2.16. The standard InChI is InChI=1S/C15H16ClNO3/c1-9(11-4-2-3-5-12(11)16)17-8-10-6-7-13(18)15(20)14(10)19/h2-7,9,17-20H,8H2,1H3/t9-/m1/s1. The Morgan fingerprint density at radius 1 is 1.05 bits per heavy atom. The number of hydrogen-bond donors (Lipinski definition) is 4. The van der Waals surface area contributed by atoms with E-state index in [-0.39, 0.29) is 17.5 Å². The van der Waals surface area contributed by atoms with Crippen LogP contribution in [0.1, 0.15) is 24.1 Å². The molecule has 0 radical (unpaired) electrons. The summed E-state index contributed by atoms with van der Waals surface area (Å²) in [5.74, 6) is -1.16. The van der Waals surface area contributed by atoms with Crippen LogP contribution in [0.25, 0.3) is 0 Å². The van der Waals surface area contributed by atoms with Crippen molar-refractivity contribution in [3.8, 4) is 17.2 Å². The second-order valence-electron chi connectivity index (χ2n) is 4.57. The topological polar surface area (TPSA) is 72.7 Å². The lowest BCUT2D eigenvalue weighted by Crippen LogP contribution is -2.18. The number of aromatic hydroxyl groups is 3. The van der Waals surface area contributed by atoms with Gasteiger partial charge in [-0.3, -0.25) is 0 Å². The fourth-order valence-corrected chi connectivity index (χ4v) is 2.25. The van der Waals surface area contributed by atoms with Crippen molar-refractivity contribution >= 4 is 11.6 Å². The summed E-state index contributed by atoms with van der Waals surface area (Å²) < 4.78 is 0. The van der Waals surface area contributed by atoms with E-state index >= 15 is 0 Å². The first-order valence-electron chi connectivity index (χ1n) is 6.21. The lowest BCUT2D eigenvalue weighted by molar-refractivity contribution is 0.363. The van der Waals surface area contributed by atoms with Crippen molar-refractivity contribution in [2.75, 3.05) is 0 Å². The van der Waals surface area contributed by atoms with Gasteiger partial charge < -0.3 is 20.6 Å². The van der Waals surface area contributed by atoms with Crippen molar-refractivity contribution in [2.24, 2.45) is 0 Å². The number of rotatable bonds is 4. The zero-order valence-corrected chi connectivity index (χ0v) is 11.7. The van der Waals surface area contributed by atoms with Crippen molar-refractivity contribution in [2.45, 2.75) is 19.5 Å². The minimum atomic E-state index is -0.505. The van der Waals surface area contributed by atoms with E-state index in [1.165, 1.54) is 6.07 Å². The van der Waals surface area contributed by atoms with E-state index < -0.39 is 5.75 Å². The van der Waals surface area contributed by atoms with Gasteiger partial charge in [-0.15, -0.1) is 0 Å². The molecule has 0 unspecified atom stereocenters. The zero-order valence-electron chi connectivity index (χ0n) is 11.0. The monoisotopic (exact) mass is 293 g/mol. The molecule has 0 aromatic heterocycles. The lowest BCUT2D eigenvalue weighted by atomic mass is 10.1. The van der Waals surface area contributed by atoms with E-state index in [4.69, 9.17) is 11.6 Å². The highest BCUT2D eigenvalue weighted by atomic mass is 35.5. The fourth-order valence-electron chi connectivity index (χ4n) is 1.95. The molecule has 0 bridgehead atoms. The quantitative estimate of drug-likeness (QED) is 0.653. The first kappa shape index (κ1) is 14.5. The van der Waals surface area contributed by atoms with Crippen LogP contribution in [0.4, 0.5) is 0 Å². The molecule has 0 saturated carbocycles. The van der Waals surface area contributed by atoms with Crippen molar-refractivity contribution < 1.29 is 15.3 Å². The molecule has 0 saturated heterocycles. The van der Waals surface area contributed by atoms with E-state index in [1.54, 1.807) is 6.07 Å². The van der Waals surface area contributed by atoms with Crippen LogP contribution in [0.5, 0.6) is 17.2 Å². The maximum absolute atomic E-state index is 9.74. The van der Waals surface area contributed by atoms with Crippen molar-refractivity contribution in [1.82, 2.24) is 5.32 Å². The first-order chi connectivity index (χ1) is 9.50. The molecule has 2 aromatic rings. The minimum absolute atomic E-state index is 0.0148. The average molecular weight is 294 g/mol. The maximum Gasteiger partial charge on any atom is 0.200 e. The number of hydrogen-bond acceptors (Lipinski definition) is 4. The number of benzene rings is 2. The molecule has 0 heterocycles. The molecule has 2 aromatic carbocycles. The molecule has 4 N–H and O–H groups in total. The van der Waals surface area contributed by atoms with E-state index in [9.17, 15) is 15.3 Å². The van der Waals surface area contributed by atoms with Crippen molar-refractivity contribution in [3.05, 3.63) is 52.5 Å². The Balaban J connectivity index is 2.10. The Kier molecular flexibility index (Phi) is 4.37. The predicted octanol–water partition coefficient (Wildman–Crippen LogP) is 3.31. The SMILES string of the molecule is C[C@@H](NCc1ccc(O)c(O)c1O)c1ccccc1Cl. The summed E-state index contributed by atoms with van der Waals surface area (Å²) in [7, 11) is 0. The molecule has 106 valence electrons. The molecular weight excluding hydrogens is 278 g/mol. The van der Waals surface area contributed by atoms with E-state index in [0.29, 0.717) is 17.1 Å². The Bertz CT molecular complexity index is 616. The summed E-state index contributed by atoms with van der Waals surface area (Å²) in [4.78, 5) is 0.